The van der Waals surface area contributed by atoms with Crippen LogP contribution in [-0.2, 0) is 23.9 Å². The molecule has 0 saturated carbocycles. The maximum Gasteiger partial charge on any atom is 0.408 e. The second kappa shape index (κ2) is 11.6. The van der Waals surface area contributed by atoms with E-state index in [0.29, 0.717) is 5.56 Å². The molecule has 0 heterocycles. The summed E-state index contributed by atoms with van der Waals surface area (Å²) in [5.41, 5.74) is 0.702. The summed E-state index contributed by atoms with van der Waals surface area (Å²) in [7, 11) is 2.65. The number of aryl methyl sites for hydroxylation is 1. The van der Waals surface area contributed by atoms with Gasteiger partial charge in [0.1, 0.15) is 24.2 Å². The summed E-state index contributed by atoms with van der Waals surface area (Å²) in [5.74, 6) is -1.74. The van der Waals surface area contributed by atoms with Gasteiger partial charge in [0.05, 0.1) is 7.11 Å². The normalized spacial score (nSPS) is 12.9. The Morgan fingerprint density at radius 1 is 1.19 bits per heavy atom. The molecule has 9 nitrogen and oxygen atoms in total. The number of methoxy groups -OCH3 is 1. The van der Waals surface area contributed by atoms with Gasteiger partial charge >= 0.3 is 12.1 Å². The number of nitrogens with zero attached hydrogens (tertiary/aromatic N) is 1. The molecule has 0 aromatic heterocycles. The van der Waals surface area contributed by atoms with Crippen molar-refractivity contribution in [2.24, 2.45) is 0 Å². The van der Waals surface area contributed by atoms with E-state index in [1.165, 1.54) is 19.1 Å². The van der Waals surface area contributed by atoms with Crippen molar-refractivity contribution >= 4 is 36.5 Å². The van der Waals surface area contributed by atoms with Crippen LogP contribution in [0.3, 0.4) is 0 Å². The second-order valence-electron chi connectivity index (χ2n) is 7.94. The van der Waals surface area contributed by atoms with Crippen LogP contribution in [0, 0.1) is 6.92 Å². The van der Waals surface area contributed by atoms with Crippen molar-refractivity contribution < 1.29 is 28.7 Å². The van der Waals surface area contributed by atoms with Gasteiger partial charge in [-0.05, 0) is 33.3 Å². The number of carbonyl (C=O) groups excluding carboxylic acids is 4. The first-order chi connectivity index (χ1) is 14.4. The molecule has 2 unspecified atom stereocenters. The molecule has 0 aliphatic carbocycles. The monoisotopic (exact) mass is 453 g/mol. The van der Waals surface area contributed by atoms with E-state index in [1.54, 1.807) is 39.0 Å². The summed E-state index contributed by atoms with van der Waals surface area (Å²) in [5, 5.41) is 4.96. The predicted octanol–water partition coefficient (Wildman–Crippen LogP) is 1.61. The van der Waals surface area contributed by atoms with Gasteiger partial charge in [-0.15, -0.1) is 0 Å². The number of alkyl carbamates (subject to hydrolysis) is 1. The highest BCUT2D eigenvalue weighted by atomic mass is 32.1. The Balaban J connectivity index is 3.12. The SMILES string of the molecule is COC(=O)CNC(=O)C(c1cccc(C)c1)N(C)C(=O)C(CS)NC(=O)OC(C)(C)C. The molecule has 172 valence electrons. The summed E-state index contributed by atoms with van der Waals surface area (Å²) in [6, 6.07) is 5.02. The summed E-state index contributed by atoms with van der Waals surface area (Å²) in [6.45, 7) is 6.63. The third-order valence-electron chi connectivity index (χ3n) is 4.15. The Hall–Kier alpha value is -2.75. The molecule has 0 bridgehead atoms. The summed E-state index contributed by atoms with van der Waals surface area (Å²) >= 11 is 4.16. The van der Waals surface area contributed by atoms with E-state index in [0.717, 1.165) is 5.56 Å². The van der Waals surface area contributed by atoms with Crippen molar-refractivity contribution in [2.75, 3.05) is 26.5 Å². The van der Waals surface area contributed by atoms with Gasteiger partial charge in [0.15, 0.2) is 0 Å². The standard InChI is InChI=1S/C21H31N3O6S/c1-13-8-7-9-14(10-13)17(18(26)22-11-16(25)29-6)24(5)19(27)15(12-31)23-20(28)30-21(2,3)4/h7-10,15,17,31H,11-12H2,1-6H3,(H,22,26)(H,23,28). The Labute approximate surface area is 188 Å². The van der Waals surface area contributed by atoms with Crippen LogP contribution in [0.15, 0.2) is 24.3 Å². The predicted molar refractivity (Wildman–Crippen MR) is 119 cm³/mol. The van der Waals surface area contributed by atoms with E-state index in [2.05, 4.69) is 28.0 Å². The number of nitrogens with one attached hydrogen (secondary N) is 2. The molecule has 0 fully saturated rings. The van der Waals surface area contributed by atoms with Gasteiger partial charge in [-0.2, -0.15) is 12.6 Å². The number of esters is 1. The maximum atomic E-state index is 13.1. The minimum atomic E-state index is -1.04. The molecular formula is C21H31N3O6S. The average molecular weight is 454 g/mol. The molecule has 0 saturated heterocycles. The number of amides is 3. The fourth-order valence-corrected chi connectivity index (χ4v) is 2.98. The van der Waals surface area contributed by atoms with E-state index < -0.39 is 41.6 Å². The highest BCUT2D eigenvalue weighted by Gasteiger charge is 2.33. The van der Waals surface area contributed by atoms with Gasteiger partial charge < -0.3 is 25.0 Å². The first kappa shape index (κ1) is 26.3. The molecule has 0 aliphatic rings. The van der Waals surface area contributed by atoms with Crippen LogP contribution in [0.4, 0.5) is 4.79 Å². The minimum absolute atomic E-state index is 0.00721. The van der Waals surface area contributed by atoms with Gasteiger partial charge in [0.2, 0.25) is 11.8 Å². The van der Waals surface area contributed by atoms with Crippen LogP contribution in [-0.4, -0.2) is 66.9 Å². The molecular weight excluding hydrogens is 422 g/mol. The van der Waals surface area contributed by atoms with Crippen LogP contribution in [0.25, 0.3) is 0 Å². The summed E-state index contributed by atoms with van der Waals surface area (Å²) in [4.78, 5) is 50.8. The number of benzene rings is 1. The van der Waals surface area contributed by atoms with Crippen LogP contribution in [0.2, 0.25) is 0 Å². The topological polar surface area (TPSA) is 114 Å². The molecule has 10 heteroatoms. The fraction of sp³-hybridized carbons (Fsp3) is 0.524. The van der Waals surface area contributed by atoms with E-state index in [-0.39, 0.29) is 12.3 Å². The summed E-state index contributed by atoms with van der Waals surface area (Å²) in [6.07, 6.45) is -0.768. The quantitative estimate of drug-likeness (QED) is 0.407. The molecule has 0 spiro atoms. The summed E-state index contributed by atoms with van der Waals surface area (Å²) < 4.78 is 9.75. The van der Waals surface area contributed by atoms with Gasteiger partial charge in [0.25, 0.3) is 0 Å². The van der Waals surface area contributed by atoms with Crippen LogP contribution < -0.4 is 10.6 Å². The zero-order valence-electron chi connectivity index (χ0n) is 18.7. The third-order valence-corrected chi connectivity index (χ3v) is 4.51. The average Bonchev–Trinajstić information content (AvgIpc) is 2.68. The number of rotatable bonds is 8. The fourth-order valence-electron chi connectivity index (χ4n) is 2.73. The molecule has 2 atom stereocenters. The van der Waals surface area contributed by atoms with E-state index in [9.17, 15) is 19.2 Å². The molecule has 0 radical (unpaired) electrons. The number of thiol groups is 1. The maximum absolute atomic E-state index is 13.1. The highest BCUT2D eigenvalue weighted by molar-refractivity contribution is 7.80. The molecule has 3 amide bonds. The number of hydrogen-bond donors (Lipinski definition) is 3. The molecule has 1 aromatic carbocycles. The Morgan fingerprint density at radius 2 is 1.84 bits per heavy atom. The minimum Gasteiger partial charge on any atom is -0.468 e. The highest BCUT2D eigenvalue weighted by Crippen LogP contribution is 2.22. The van der Waals surface area contributed by atoms with Crippen molar-refractivity contribution in [3.8, 4) is 0 Å². The number of likely N-dealkylation sites (N-methyl/N-ethyl adjacent to an activating group) is 1. The van der Waals surface area contributed by atoms with Crippen LogP contribution in [0.1, 0.15) is 37.9 Å². The number of carbonyl (C=O) groups is 4. The lowest BCUT2D eigenvalue weighted by atomic mass is 10.0. The largest absolute Gasteiger partial charge is 0.468 e. The molecule has 2 N–H and O–H groups in total. The first-order valence-corrected chi connectivity index (χ1v) is 10.3. The first-order valence-electron chi connectivity index (χ1n) is 9.67. The second-order valence-corrected chi connectivity index (χ2v) is 8.31. The lowest BCUT2D eigenvalue weighted by Gasteiger charge is -2.31. The molecule has 0 aliphatic heterocycles. The lowest BCUT2D eigenvalue weighted by molar-refractivity contribution is -0.143. The van der Waals surface area contributed by atoms with Gasteiger partial charge in [-0.3, -0.25) is 14.4 Å². The van der Waals surface area contributed by atoms with Gasteiger partial charge in [-0.25, -0.2) is 4.79 Å². The van der Waals surface area contributed by atoms with E-state index in [1.807, 2.05) is 13.0 Å². The molecule has 1 aromatic rings. The molecule has 1 rings (SSSR count). The van der Waals surface area contributed by atoms with Crippen molar-refractivity contribution in [1.82, 2.24) is 15.5 Å². The van der Waals surface area contributed by atoms with Crippen LogP contribution in [0.5, 0.6) is 0 Å². The van der Waals surface area contributed by atoms with Crippen molar-refractivity contribution in [2.45, 2.75) is 45.4 Å². The van der Waals surface area contributed by atoms with Crippen LogP contribution >= 0.6 is 12.6 Å². The molecule has 31 heavy (non-hydrogen) atoms. The van der Waals surface area contributed by atoms with Gasteiger partial charge in [0, 0.05) is 12.8 Å². The Bertz CT molecular complexity index is 809. The lowest BCUT2D eigenvalue weighted by Crippen LogP contribution is -2.52. The zero-order chi connectivity index (χ0) is 23.8. The van der Waals surface area contributed by atoms with E-state index >= 15 is 0 Å². The van der Waals surface area contributed by atoms with E-state index in [4.69, 9.17) is 4.74 Å². The smallest absolute Gasteiger partial charge is 0.408 e. The Morgan fingerprint density at radius 3 is 2.35 bits per heavy atom. The van der Waals surface area contributed by atoms with Gasteiger partial charge in [-0.1, -0.05) is 29.8 Å². The van der Waals surface area contributed by atoms with Crippen molar-refractivity contribution in [3.63, 3.8) is 0 Å². The van der Waals surface area contributed by atoms with Crippen molar-refractivity contribution in [3.05, 3.63) is 35.4 Å². The zero-order valence-corrected chi connectivity index (χ0v) is 19.6. The number of ether oxygens (including phenoxy) is 2. The Kier molecular flexibility index (Phi) is 9.83. The van der Waals surface area contributed by atoms with Crippen molar-refractivity contribution in [1.29, 1.82) is 0 Å². The third kappa shape index (κ3) is 8.49. The number of hydrogen-bond acceptors (Lipinski definition) is 7.